The maximum atomic E-state index is 15.5. The highest BCUT2D eigenvalue weighted by atomic mass is 32.2. The van der Waals surface area contributed by atoms with Crippen LogP contribution in [0.4, 0.5) is 43.9 Å². The summed E-state index contributed by atoms with van der Waals surface area (Å²) < 4.78 is 175. The van der Waals surface area contributed by atoms with Crippen LogP contribution in [0.25, 0.3) is 0 Å². The van der Waals surface area contributed by atoms with Gasteiger partial charge in [-0.3, -0.25) is 0 Å². The molecular formula is C31H28F10O5S. The lowest BCUT2D eigenvalue weighted by Crippen LogP contribution is -2.63. The van der Waals surface area contributed by atoms with Gasteiger partial charge in [0.2, 0.25) is 0 Å². The van der Waals surface area contributed by atoms with Crippen LogP contribution in [0.2, 0.25) is 0 Å². The topological polar surface area (TPSA) is 61.8 Å². The lowest BCUT2D eigenvalue weighted by Gasteiger charge is -2.36. The molecule has 0 bridgehead atoms. The molecular weight excluding hydrogens is 674 g/mol. The molecule has 0 amide bonds. The summed E-state index contributed by atoms with van der Waals surface area (Å²) in [6, 6.07) is 15.2. The van der Waals surface area contributed by atoms with Crippen LogP contribution in [0.3, 0.4) is 0 Å². The molecule has 0 saturated carbocycles. The second kappa shape index (κ2) is 12.1. The van der Waals surface area contributed by atoms with Gasteiger partial charge in [-0.1, -0.05) is 36.4 Å². The lowest BCUT2D eigenvalue weighted by molar-refractivity contribution is -0.382. The van der Waals surface area contributed by atoms with Crippen LogP contribution in [0, 0.1) is 5.82 Å². The molecule has 47 heavy (non-hydrogen) atoms. The molecule has 0 aromatic heterocycles. The molecule has 0 fully saturated rings. The molecule has 1 unspecified atom stereocenters. The van der Waals surface area contributed by atoms with Crippen molar-refractivity contribution in [2.45, 2.75) is 74.3 Å². The number of benzene rings is 3. The monoisotopic (exact) mass is 702 g/mol. The summed E-state index contributed by atoms with van der Waals surface area (Å²) in [7, 11) is -6.36. The summed E-state index contributed by atoms with van der Waals surface area (Å²) in [5, 5.41) is -7.18. The first kappa shape index (κ1) is 36.2. The van der Waals surface area contributed by atoms with Gasteiger partial charge in [0, 0.05) is 17.5 Å². The number of ether oxygens (including phenoxy) is 2. The molecule has 0 heterocycles. The largest absolute Gasteiger partial charge is 0.496 e. The average molecular weight is 703 g/mol. The fraction of sp³-hybridized carbons (Fsp3) is 0.419. The van der Waals surface area contributed by atoms with Crippen molar-refractivity contribution in [2.75, 3.05) is 7.11 Å². The molecule has 5 nitrogen and oxygen atoms in total. The Morgan fingerprint density at radius 3 is 1.94 bits per heavy atom. The van der Waals surface area contributed by atoms with E-state index in [0.29, 0.717) is 36.3 Å². The van der Waals surface area contributed by atoms with Gasteiger partial charge in [-0.25, -0.2) is 4.39 Å². The number of fused-ring (bicyclic) bond motifs is 1. The van der Waals surface area contributed by atoms with Crippen molar-refractivity contribution >= 4 is 10.1 Å². The van der Waals surface area contributed by atoms with E-state index in [4.69, 9.17) is 9.47 Å². The zero-order valence-electron chi connectivity index (χ0n) is 25.1. The first-order valence-corrected chi connectivity index (χ1v) is 15.2. The molecule has 16 heteroatoms. The minimum Gasteiger partial charge on any atom is -0.496 e. The van der Waals surface area contributed by atoms with Gasteiger partial charge in [-0.05, 0) is 74.4 Å². The van der Waals surface area contributed by atoms with Gasteiger partial charge in [0.1, 0.15) is 17.1 Å². The van der Waals surface area contributed by atoms with Crippen LogP contribution in [-0.2, 0) is 16.5 Å². The second-order valence-electron chi connectivity index (χ2n) is 11.8. The molecule has 258 valence electrons. The highest BCUT2D eigenvalue weighted by molar-refractivity contribution is 7.88. The van der Waals surface area contributed by atoms with E-state index in [1.54, 1.807) is 36.4 Å². The molecule has 0 spiro atoms. The van der Waals surface area contributed by atoms with E-state index in [2.05, 4.69) is 4.18 Å². The smallest absolute Gasteiger partial charge is 0.460 e. The summed E-state index contributed by atoms with van der Waals surface area (Å²) >= 11 is 0. The van der Waals surface area contributed by atoms with Crippen LogP contribution in [0.15, 0.2) is 60.7 Å². The van der Waals surface area contributed by atoms with Crippen molar-refractivity contribution in [1.29, 1.82) is 0 Å². The fourth-order valence-corrected chi connectivity index (χ4v) is 6.29. The molecule has 2 atom stereocenters. The van der Waals surface area contributed by atoms with Crippen LogP contribution < -0.4 is 13.7 Å². The number of methoxy groups -OCH3 is 1. The van der Waals surface area contributed by atoms with Gasteiger partial charge in [0.15, 0.2) is 11.6 Å². The minimum absolute atomic E-state index is 0.0368. The third kappa shape index (κ3) is 6.57. The van der Waals surface area contributed by atoms with E-state index < -0.39 is 56.5 Å². The van der Waals surface area contributed by atoms with Crippen LogP contribution in [0.1, 0.15) is 61.3 Å². The van der Waals surface area contributed by atoms with Crippen LogP contribution in [-0.4, -0.2) is 44.4 Å². The molecule has 0 aliphatic heterocycles. The van der Waals surface area contributed by atoms with Crippen molar-refractivity contribution in [3.05, 3.63) is 88.7 Å². The van der Waals surface area contributed by atoms with E-state index >= 15 is 4.39 Å². The summed E-state index contributed by atoms with van der Waals surface area (Å²) in [5.74, 6) is -19.5. The molecule has 1 aliphatic carbocycles. The Hall–Kier alpha value is -3.69. The van der Waals surface area contributed by atoms with Crippen molar-refractivity contribution in [2.24, 2.45) is 0 Å². The zero-order valence-corrected chi connectivity index (χ0v) is 25.9. The lowest BCUT2D eigenvalue weighted by atomic mass is 9.69. The predicted octanol–water partition coefficient (Wildman–Crippen LogP) is 9.01. The maximum Gasteiger partial charge on any atom is 0.460 e. The molecule has 0 saturated heterocycles. The number of alkyl halides is 9. The maximum absolute atomic E-state index is 15.5. The van der Waals surface area contributed by atoms with Gasteiger partial charge >= 0.3 is 33.4 Å². The van der Waals surface area contributed by atoms with Crippen LogP contribution >= 0.6 is 0 Å². The van der Waals surface area contributed by atoms with Crippen molar-refractivity contribution in [3.8, 4) is 17.2 Å². The number of aryl methyl sites for hydroxylation is 1. The SMILES string of the molecule is COc1cc(OS(=O)(=O)C(F)(F)C(F)(F)C(F)(F)C(F)(F)F)c(F)cc1C1c2ccc(OC(C)(C)C)cc2CC[C@@H]1c1ccccc1. The second-order valence-corrected chi connectivity index (χ2v) is 13.4. The summed E-state index contributed by atoms with van der Waals surface area (Å²) in [6.07, 6.45) is -6.24. The summed E-state index contributed by atoms with van der Waals surface area (Å²) in [6.45, 7) is 5.53. The zero-order chi connectivity index (χ0) is 35.4. The molecule has 3 aromatic carbocycles. The Labute approximate surface area is 263 Å². The standard InChI is InChI=1S/C31H28F10O5S/c1-27(2,3)45-19-11-13-21-18(14-19)10-12-20(17-8-6-5-7-9-17)26(21)22-15-23(32)25(16-24(22)44-4)46-47(42,43)31(40,41)29(35,36)28(33,34)30(37,38)39/h5-9,11,13-16,20,26H,10,12H2,1-4H3/t20-,26?/m1/s1. The minimum atomic E-state index is -7.55. The van der Waals surface area contributed by atoms with Gasteiger partial charge in [-0.15, -0.1) is 0 Å². The van der Waals surface area contributed by atoms with E-state index in [0.717, 1.165) is 18.2 Å². The number of hydrogen-bond donors (Lipinski definition) is 0. The Kier molecular flexibility index (Phi) is 9.29. The van der Waals surface area contributed by atoms with E-state index in [-0.39, 0.29) is 17.2 Å². The third-order valence-electron chi connectivity index (χ3n) is 7.48. The molecule has 0 N–H and O–H groups in total. The van der Waals surface area contributed by atoms with Crippen molar-refractivity contribution in [1.82, 2.24) is 0 Å². The summed E-state index contributed by atoms with van der Waals surface area (Å²) in [5.41, 5.74) is 1.75. The summed E-state index contributed by atoms with van der Waals surface area (Å²) in [4.78, 5) is 0. The third-order valence-corrected chi connectivity index (χ3v) is 8.76. The first-order valence-electron chi connectivity index (χ1n) is 13.8. The molecule has 3 aromatic rings. The highest BCUT2D eigenvalue weighted by Crippen LogP contribution is 2.55. The molecule has 1 aliphatic rings. The van der Waals surface area contributed by atoms with E-state index in [1.807, 2.05) is 32.9 Å². The van der Waals surface area contributed by atoms with Crippen molar-refractivity contribution < 1.29 is 66.0 Å². The van der Waals surface area contributed by atoms with Crippen LogP contribution in [0.5, 0.6) is 17.2 Å². The Bertz CT molecular complexity index is 1720. The highest BCUT2D eigenvalue weighted by Gasteiger charge is 2.86. The van der Waals surface area contributed by atoms with Gasteiger partial charge in [0.05, 0.1) is 7.11 Å². The normalized spacial score (nSPS) is 18.0. The molecule has 4 rings (SSSR count). The Morgan fingerprint density at radius 2 is 1.38 bits per heavy atom. The quantitative estimate of drug-likeness (QED) is 0.165. The number of hydrogen-bond acceptors (Lipinski definition) is 5. The number of rotatable bonds is 9. The first-order chi connectivity index (χ1) is 21.4. The average Bonchev–Trinajstić information content (AvgIpc) is 2.96. The number of halogens is 10. The predicted molar refractivity (Wildman–Crippen MR) is 150 cm³/mol. The molecule has 0 radical (unpaired) electrons. The van der Waals surface area contributed by atoms with Gasteiger partial charge in [-0.2, -0.15) is 47.9 Å². The van der Waals surface area contributed by atoms with E-state index in [1.165, 1.54) is 0 Å². The van der Waals surface area contributed by atoms with Gasteiger partial charge < -0.3 is 13.7 Å². The fourth-order valence-electron chi connectivity index (χ4n) is 5.38. The Balaban J connectivity index is 1.82. The van der Waals surface area contributed by atoms with Gasteiger partial charge in [0.25, 0.3) is 0 Å². The van der Waals surface area contributed by atoms with E-state index in [9.17, 15) is 47.9 Å². The Morgan fingerprint density at radius 1 is 0.766 bits per heavy atom. The van der Waals surface area contributed by atoms with Crippen molar-refractivity contribution in [3.63, 3.8) is 0 Å².